The number of nitrogens with one attached hydrogen (secondary N) is 3. The van der Waals surface area contributed by atoms with E-state index in [0.29, 0.717) is 6.54 Å². The molecule has 1 aromatic heterocycles. The summed E-state index contributed by atoms with van der Waals surface area (Å²) in [4.78, 5) is 22.7. The smallest absolute Gasteiger partial charge is 0.269 e. The Morgan fingerprint density at radius 1 is 1.41 bits per heavy atom. The van der Waals surface area contributed by atoms with Crippen molar-refractivity contribution in [1.29, 1.82) is 0 Å². The zero-order valence-electron chi connectivity index (χ0n) is 9.75. The third-order valence-corrected chi connectivity index (χ3v) is 2.05. The van der Waals surface area contributed by atoms with Gasteiger partial charge < -0.3 is 16.4 Å². The number of hydrogen-bond acceptors (Lipinski definition) is 4. The van der Waals surface area contributed by atoms with Gasteiger partial charge in [0.1, 0.15) is 11.5 Å². The molecule has 2 amide bonds. The SMILES string of the molecule is CCCNC(=O)CCNC(=O)c1cc(N)n[nH]1. The molecular formula is C10H17N5O2. The van der Waals surface area contributed by atoms with Crippen LogP contribution in [0, 0.1) is 0 Å². The zero-order valence-corrected chi connectivity index (χ0v) is 9.75. The summed E-state index contributed by atoms with van der Waals surface area (Å²) in [6.45, 7) is 2.92. The van der Waals surface area contributed by atoms with Crippen molar-refractivity contribution in [3.05, 3.63) is 11.8 Å². The van der Waals surface area contributed by atoms with Crippen LogP contribution in [-0.2, 0) is 4.79 Å². The maximum absolute atomic E-state index is 11.5. The van der Waals surface area contributed by atoms with Crippen LogP contribution < -0.4 is 16.4 Å². The lowest BCUT2D eigenvalue weighted by Crippen LogP contribution is -2.31. The summed E-state index contributed by atoms with van der Waals surface area (Å²) in [6.07, 6.45) is 1.15. The molecule has 0 aliphatic heterocycles. The molecule has 0 spiro atoms. The molecule has 0 aliphatic rings. The number of rotatable bonds is 6. The van der Waals surface area contributed by atoms with E-state index in [9.17, 15) is 9.59 Å². The lowest BCUT2D eigenvalue weighted by Gasteiger charge is -2.04. The molecule has 0 saturated carbocycles. The highest BCUT2D eigenvalue weighted by Gasteiger charge is 2.08. The number of carbonyl (C=O) groups is 2. The van der Waals surface area contributed by atoms with Crippen molar-refractivity contribution in [1.82, 2.24) is 20.8 Å². The number of carbonyl (C=O) groups excluding carboxylic acids is 2. The van der Waals surface area contributed by atoms with Gasteiger partial charge in [-0.25, -0.2) is 0 Å². The normalized spacial score (nSPS) is 9.94. The Bertz CT molecular complexity index is 388. The van der Waals surface area contributed by atoms with Crippen molar-refractivity contribution in [2.24, 2.45) is 0 Å². The Kier molecular flexibility index (Phi) is 4.99. The molecule has 0 atom stereocenters. The molecule has 1 aromatic rings. The number of aromatic nitrogens is 2. The Labute approximate surface area is 99.1 Å². The van der Waals surface area contributed by atoms with Gasteiger partial charge in [-0.15, -0.1) is 0 Å². The second-order valence-corrected chi connectivity index (χ2v) is 3.56. The van der Waals surface area contributed by atoms with Crippen LogP contribution in [0.25, 0.3) is 0 Å². The molecule has 0 aromatic carbocycles. The van der Waals surface area contributed by atoms with E-state index in [0.717, 1.165) is 6.42 Å². The Morgan fingerprint density at radius 3 is 2.76 bits per heavy atom. The van der Waals surface area contributed by atoms with Crippen molar-refractivity contribution in [3.8, 4) is 0 Å². The number of nitrogens with zero attached hydrogens (tertiary/aromatic N) is 1. The molecule has 0 radical (unpaired) electrons. The molecule has 0 fully saturated rings. The van der Waals surface area contributed by atoms with Gasteiger partial charge in [0.25, 0.3) is 5.91 Å². The van der Waals surface area contributed by atoms with Crippen LogP contribution in [0.1, 0.15) is 30.3 Å². The van der Waals surface area contributed by atoms with Crippen molar-refractivity contribution >= 4 is 17.6 Å². The summed E-state index contributed by atoms with van der Waals surface area (Å²) < 4.78 is 0. The van der Waals surface area contributed by atoms with Gasteiger partial charge in [0.05, 0.1) is 0 Å². The van der Waals surface area contributed by atoms with Crippen LogP contribution in [0.5, 0.6) is 0 Å². The van der Waals surface area contributed by atoms with Gasteiger partial charge in [-0.2, -0.15) is 5.10 Å². The highest BCUT2D eigenvalue weighted by molar-refractivity contribution is 5.93. The predicted octanol–water partition coefficient (Wildman–Crippen LogP) is -0.362. The maximum atomic E-state index is 11.5. The Balaban J connectivity index is 2.23. The van der Waals surface area contributed by atoms with Crippen molar-refractivity contribution in [2.45, 2.75) is 19.8 Å². The summed E-state index contributed by atoms with van der Waals surface area (Å²) >= 11 is 0. The highest BCUT2D eigenvalue weighted by Crippen LogP contribution is 1.99. The average Bonchev–Trinajstić information content (AvgIpc) is 2.73. The van der Waals surface area contributed by atoms with Crippen LogP contribution in [-0.4, -0.2) is 35.1 Å². The standard InChI is InChI=1S/C10H17N5O2/c1-2-4-12-9(16)3-5-13-10(17)7-6-8(11)15-14-7/h6H,2-5H2,1H3,(H,12,16)(H,13,17)(H3,11,14,15). The Hall–Kier alpha value is -2.05. The second-order valence-electron chi connectivity index (χ2n) is 3.56. The van der Waals surface area contributed by atoms with E-state index >= 15 is 0 Å². The lowest BCUT2D eigenvalue weighted by molar-refractivity contribution is -0.120. The van der Waals surface area contributed by atoms with Crippen LogP contribution in [0.4, 0.5) is 5.82 Å². The number of nitrogen functional groups attached to an aromatic ring is 1. The largest absolute Gasteiger partial charge is 0.382 e. The van der Waals surface area contributed by atoms with Crippen LogP contribution >= 0.6 is 0 Å². The molecule has 0 aliphatic carbocycles. The molecule has 7 nitrogen and oxygen atoms in total. The van der Waals surface area contributed by atoms with Crippen molar-refractivity contribution < 1.29 is 9.59 Å². The number of amides is 2. The summed E-state index contributed by atoms with van der Waals surface area (Å²) in [5.74, 6) is -0.135. The van der Waals surface area contributed by atoms with Crippen molar-refractivity contribution in [3.63, 3.8) is 0 Å². The van der Waals surface area contributed by atoms with E-state index in [1.54, 1.807) is 0 Å². The number of hydrogen-bond donors (Lipinski definition) is 4. The molecule has 0 saturated heterocycles. The van der Waals surface area contributed by atoms with Crippen LogP contribution in [0.15, 0.2) is 6.07 Å². The van der Waals surface area contributed by atoms with Gasteiger partial charge in [0.15, 0.2) is 0 Å². The van der Waals surface area contributed by atoms with Gasteiger partial charge in [0, 0.05) is 25.6 Å². The molecule has 94 valence electrons. The molecule has 1 rings (SSSR count). The summed E-state index contributed by atoms with van der Waals surface area (Å²) in [7, 11) is 0. The van der Waals surface area contributed by atoms with E-state index in [-0.39, 0.29) is 36.3 Å². The van der Waals surface area contributed by atoms with Gasteiger partial charge in [-0.05, 0) is 6.42 Å². The third kappa shape index (κ3) is 4.54. The maximum Gasteiger partial charge on any atom is 0.269 e. The number of H-pyrrole nitrogens is 1. The number of aromatic amines is 1. The second kappa shape index (κ2) is 6.51. The van der Waals surface area contributed by atoms with Gasteiger partial charge in [-0.1, -0.05) is 6.92 Å². The minimum atomic E-state index is -0.322. The van der Waals surface area contributed by atoms with E-state index in [4.69, 9.17) is 5.73 Å². The minimum absolute atomic E-state index is 0.0729. The van der Waals surface area contributed by atoms with E-state index in [1.807, 2.05) is 6.92 Å². The first-order valence-electron chi connectivity index (χ1n) is 5.49. The molecule has 0 bridgehead atoms. The molecule has 1 heterocycles. The van der Waals surface area contributed by atoms with E-state index in [2.05, 4.69) is 20.8 Å². The molecule has 7 heteroatoms. The Morgan fingerprint density at radius 2 is 2.18 bits per heavy atom. The molecule has 5 N–H and O–H groups in total. The van der Waals surface area contributed by atoms with Gasteiger partial charge in [-0.3, -0.25) is 14.7 Å². The highest BCUT2D eigenvalue weighted by atomic mass is 16.2. The summed E-state index contributed by atoms with van der Waals surface area (Å²) in [5.41, 5.74) is 5.65. The minimum Gasteiger partial charge on any atom is -0.382 e. The van der Waals surface area contributed by atoms with E-state index in [1.165, 1.54) is 6.07 Å². The topological polar surface area (TPSA) is 113 Å². The molecule has 0 unspecified atom stereocenters. The van der Waals surface area contributed by atoms with Gasteiger partial charge >= 0.3 is 0 Å². The molecular weight excluding hydrogens is 222 g/mol. The van der Waals surface area contributed by atoms with Crippen LogP contribution in [0.3, 0.4) is 0 Å². The quantitative estimate of drug-likeness (QED) is 0.542. The fourth-order valence-electron chi connectivity index (χ4n) is 1.19. The first-order valence-corrected chi connectivity index (χ1v) is 5.49. The molecule has 17 heavy (non-hydrogen) atoms. The summed E-state index contributed by atoms with van der Waals surface area (Å²) in [5, 5.41) is 11.4. The average molecular weight is 239 g/mol. The van der Waals surface area contributed by atoms with Gasteiger partial charge in [0.2, 0.25) is 5.91 Å². The third-order valence-electron chi connectivity index (χ3n) is 2.05. The van der Waals surface area contributed by atoms with Crippen molar-refractivity contribution in [2.75, 3.05) is 18.8 Å². The first kappa shape index (κ1) is 13.0. The van der Waals surface area contributed by atoms with Crippen LogP contribution in [0.2, 0.25) is 0 Å². The zero-order chi connectivity index (χ0) is 12.7. The first-order chi connectivity index (χ1) is 8.13. The lowest BCUT2D eigenvalue weighted by atomic mass is 10.3. The number of anilines is 1. The number of nitrogens with two attached hydrogens (primary N) is 1. The predicted molar refractivity (Wildman–Crippen MR) is 63.3 cm³/mol. The fraction of sp³-hybridized carbons (Fsp3) is 0.500. The summed E-state index contributed by atoms with van der Waals surface area (Å²) in [6, 6.07) is 1.44. The monoisotopic (exact) mass is 239 g/mol. The fourth-order valence-corrected chi connectivity index (χ4v) is 1.19. The van der Waals surface area contributed by atoms with E-state index < -0.39 is 0 Å².